The molecular weight excluding hydrogens is 200 g/mol. The Kier molecular flexibility index (Phi) is 1.74. The minimum Gasteiger partial charge on any atom is -0.507 e. The first kappa shape index (κ1) is 8.97. The van der Waals surface area contributed by atoms with Crippen LogP contribution in [0.5, 0.6) is 5.75 Å². The zero-order valence-corrected chi connectivity index (χ0v) is 8.51. The normalized spacial score (nSPS) is 11.0. The quantitative estimate of drug-likeness (QED) is 0.443. The van der Waals surface area contributed by atoms with Gasteiger partial charge in [0.15, 0.2) is 0 Å². The smallest absolute Gasteiger partial charge is 0.127 e. The molecule has 2 aromatic carbocycles. The van der Waals surface area contributed by atoms with Crippen molar-refractivity contribution in [2.45, 2.75) is 0 Å². The molecular formula is C13H10N2O. The molecule has 0 aliphatic rings. The van der Waals surface area contributed by atoms with Crippen LogP contribution in [-0.2, 0) is 0 Å². The van der Waals surface area contributed by atoms with Gasteiger partial charge < -0.3 is 10.8 Å². The van der Waals surface area contributed by atoms with Crippen LogP contribution >= 0.6 is 0 Å². The monoisotopic (exact) mass is 210 g/mol. The lowest BCUT2D eigenvalue weighted by Gasteiger charge is -2.04. The minimum atomic E-state index is 0.174. The van der Waals surface area contributed by atoms with Gasteiger partial charge in [-0.1, -0.05) is 18.2 Å². The van der Waals surface area contributed by atoms with Crippen molar-refractivity contribution in [3.63, 3.8) is 0 Å². The standard InChI is InChI=1S/C13H10N2O/c14-9-6-12-10(13(16)7-9)5-8-3-1-2-4-11(8)15-12/h1-7,16H,14H2. The van der Waals surface area contributed by atoms with Crippen LogP contribution in [0.1, 0.15) is 0 Å². The zero-order chi connectivity index (χ0) is 11.1. The topological polar surface area (TPSA) is 59.1 Å². The second-order valence-corrected chi connectivity index (χ2v) is 3.79. The van der Waals surface area contributed by atoms with Crippen LogP contribution in [0, 0.1) is 0 Å². The van der Waals surface area contributed by atoms with E-state index in [2.05, 4.69) is 4.98 Å². The van der Waals surface area contributed by atoms with Gasteiger partial charge in [0.1, 0.15) is 5.75 Å². The van der Waals surface area contributed by atoms with E-state index in [-0.39, 0.29) is 5.75 Å². The molecule has 0 radical (unpaired) electrons. The predicted octanol–water partition coefficient (Wildman–Crippen LogP) is 2.68. The number of phenolic OH excluding ortho intramolecular Hbond substituents is 1. The number of rotatable bonds is 0. The van der Waals surface area contributed by atoms with Gasteiger partial charge in [-0.3, -0.25) is 0 Å². The Balaban J connectivity index is 2.51. The molecule has 0 spiro atoms. The highest BCUT2D eigenvalue weighted by Gasteiger charge is 2.04. The number of hydrogen-bond donors (Lipinski definition) is 2. The summed E-state index contributed by atoms with van der Waals surface area (Å²) < 4.78 is 0. The summed E-state index contributed by atoms with van der Waals surface area (Å²) in [7, 11) is 0. The molecule has 0 saturated heterocycles. The number of aromatic hydroxyl groups is 1. The molecule has 0 amide bonds. The van der Waals surface area contributed by atoms with Crippen LogP contribution in [-0.4, -0.2) is 10.1 Å². The number of nitrogens with zero attached hydrogens (tertiary/aromatic N) is 1. The van der Waals surface area contributed by atoms with Crippen molar-refractivity contribution in [1.82, 2.24) is 4.98 Å². The molecule has 3 rings (SSSR count). The summed E-state index contributed by atoms with van der Waals surface area (Å²) in [6.07, 6.45) is 0. The van der Waals surface area contributed by atoms with Crippen molar-refractivity contribution >= 4 is 27.5 Å². The number of anilines is 1. The van der Waals surface area contributed by atoms with Gasteiger partial charge in [-0.25, -0.2) is 4.98 Å². The summed E-state index contributed by atoms with van der Waals surface area (Å²) in [5.41, 5.74) is 7.81. The molecule has 0 saturated carbocycles. The average molecular weight is 210 g/mol. The van der Waals surface area contributed by atoms with Crippen LogP contribution < -0.4 is 5.73 Å². The number of nitrogens with two attached hydrogens (primary N) is 1. The number of pyridine rings is 1. The largest absolute Gasteiger partial charge is 0.507 e. The van der Waals surface area contributed by atoms with Crippen LogP contribution in [0.2, 0.25) is 0 Å². The van der Waals surface area contributed by atoms with Gasteiger partial charge in [0.2, 0.25) is 0 Å². The lowest BCUT2D eigenvalue weighted by atomic mass is 10.1. The minimum absolute atomic E-state index is 0.174. The third-order valence-electron chi connectivity index (χ3n) is 2.64. The fraction of sp³-hybridized carbons (Fsp3) is 0. The average Bonchev–Trinajstić information content (AvgIpc) is 2.27. The fourth-order valence-electron chi connectivity index (χ4n) is 1.88. The number of benzene rings is 2. The predicted molar refractivity (Wildman–Crippen MR) is 65.3 cm³/mol. The molecule has 3 aromatic rings. The van der Waals surface area contributed by atoms with Crippen LogP contribution in [0.15, 0.2) is 42.5 Å². The molecule has 3 N–H and O–H groups in total. The Morgan fingerprint density at radius 2 is 1.81 bits per heavy atom. The third kappa shape index (κ3) is 1.26. The highest BCUT2D eigenvalue weighted by molar-refractivity contribution is 5.97. The summed E-state index contributed by atoms with van der Waals surface area (Å²) in [5.74, 6) is 0.174. The van der Waals surface area contributed by atoms with Gasteiger partial charge in [-0.05, 0) is 18.2 Å². The van der Waals surface area contributed by atoms with E-state index < -0.39 is 0 Å². The van der Waals surface area contributed by atoms with Crippen LogP contribution in [0.25, 0.3) is 21.8 Å². The van der Waals surface area contributed by atoms with E-state index in [1.807, 2.05) is 30.3 Å². The van der Waals surface area contributed by atoms with Gasteiger partial charge in [0, 0.05) is 22.5 Å². The molecule has 0 aliphatic carbocycles. The lowest BCUT2D eigenvalue weighted by Crippen LogP contribution is -1.87. The summed E-state index contributed by atoms with van der Waals surface area (Å²) >= 11 is 0. The van der Waals surface area contributed by atoms with Crippen molar-refractivity contribution < 1.29 is 5.11 Å². The number of nitrogen functional groups attached to an aromatic ring is 1. The fourth-order valence-corrected chi connectivity index (χ4v) is 1.88. The molecule has 16 heavy (non-hydrogen) atoms. The third-order valence-corrected chi connectivity index (χ3v) is 2.64. The Labute approximate surface area is 92.1 Å². The second-order valence-electron chi connectivity index (χ2n) is 3.79. The van der Waals surface area contributed by atoms with Gasteiger partial charge in [-0.15, -0.1) is 0 Å². The van der Waals surface area contributed by atoms with Crippen LogP contribution in [0.4, 0.5) is 5.69 Å². The molecule has 0 atom stereocenters. The zero-order valence-electron chi connectivity index (χ0n) is 8.51. The van der Waals surface area contributed by atoms with Gasteiger partial charge in [0.05, 0.1) is 11.0 Å². The molecule has 1 aromatic heterocycles. The summed E-state index contributed by atoms with van der Waals surface area (Å²) in [6, 6.07) is 13.0. The highest BCUT2D eigenvalue weighted by Crippen LogP contribution is 2.29. The van der Waals surface area contributed by atoms with E-state index in [1.165, 1.54) is 0 Å². The summed E-state index contributed by atoms with van der Waals surface area (Å²) in [4.78, 5) is 4.46. The van der Waals surface area contributed by atoms with Gasteiger partial charge in [-0.2, -0.15) is 0 Å². The SMILES string of the molecule is Nc1cc(O)c2cc3ccccc3nc2c1. The van der Waals surface area contributed by atoms with Crippen molar-refractivity contribution in [1.29, 1.82) is 0 Å². The Bertz CT molecular complexity index is 692. The maximum absolute atomic E-state index is 9.79. The molecule has 0 bridgehead atoms. The summed E-state index contributed by atoms with van der Waals surface area (Å²) in [5, 5.41) is 11.5. The first-order valence-electron chi connectivity index (χ1n) is 5.02. The Morgan fingerprint density at radius 3 is 2.69 bits per heavy atom. The van der Waals surface area contributed by atoms with E-state index in [1.54, 1.807) is 12.1 Å². The maximum atomic E-state index is 9.79. The molecule has 3 nitrogen and oxygen atoms in total. The van der Waals surface area contributed by atoms with Crippen molar-refractivity contribution in [3.8, 4) is 5.75 Å². The molecule has 78 valence electrons. The van der Waals surface area contributed by atoms with Gasteiger partial charge in [0.25, 0.3) is 0 Å². The number of fused-ring (bicyclic) bond motifs is 2. The van der Waals surface area contributed by atoms with Crippen molar-refractivity contribution in [2.75, 3.05) is 5.73 Å². The van der Waals surface area contributed by atoms with E-state index in [9.17, 15) is 5.11 Å². The molecule has 0 fully saturated rings. The maximum Gasteiger partial charge on any atom is 0.127 e. The second kappa shape index (κ2) is 3.10. The summed E-state index contributed by atoms with van der Waals surface area (Å²) in [6.45, 7) is 0. The molecule has 0 unspecified atom stereocenters. The first-order valence-corrected chi connectivity index (χ1v) is 5.02. The molecule has 1 heterocycles. The van der Waals surface area contributed by atoms with Crippen LogP contribution in [0.3, 0.4) is 0 Å². The number of aromatic nitrogens is 1. The number of phenols is 1. The molecule has 3 heteroatoms. The Hall–Kier alpha value is -2.29. The van der Waals surface area contributed by atoms with E-state index in [0.717, 1.165) is 21.8 Å². The van der Waals surface area contributed by atoms with E-state index >= 15 is 0 Å². The number of para-hydroxylation sites is 1. The highest BCUT2D eigenvalue weighted by atomic mass is 16.3. The van der Waals surface area contributed by atoms with E-state index in [4.69, 9.17) is 5.73 Å². The molecule has 0 aliphatic heterocycles. The van der Waals surface area contributed by atoms with Crippen molar-refractivity contribution in [2.24, 2.45) is 0 Å². The van der Waals surface area contributed by atoms with E-state index in [0.29, 0.717) is 5.69 Å². The van der Waals surface area contributed by atoms with Gasteiger partial charge >= 0.3 is 0 Å². The lowest BCUT2D eigenvalue weighted by molar-refractivity contribution is 0.482. The van der Waals surface area contributed by atoms with Crippen molar-refractivity contribution in [3.05, 3.63) is 42.5 Å². The first-order chi connectivity index (χ1) is 7.74. The number of hydrogen-bond acceptors (Lipinski definition) is 3. The Morgan fingerprint density at radius 1 is 1.00 bits per heavy atom.